The summed E-state index contributed by atoms with van der Waals surface area (Å²) >= 11 is 0. The van der Waals surface area contributed by atoms with Crippen LogP contribution in [0, 0.1) is 5.92 Å². The number of hydrogen-bond acceptors (Lipinski definition) is 5. The van der Waals surface area contributed by atoms with E-state index in [1.807, 2.05) is 4.72 Å². The highest BCUT2D eigenvalue weighted by molar-refractivity contribution is 7.92. The molecule has 2 aromatic carbocycles. The Bertz CT molecular complexity index is 1060. The van der Waals surface area contributed by atoms with Crippen molar-refractivity contribution in [3.05, 3.63) is 42.0 Å². The van der Waals surface area contributed by atoms with E-state index in [4.69, 9.17) is 5.11 Å². The second kappa shape index (κ2) is 6.92. The maximum atomic E-state index is 12.0. The predicted octanol–water partition coefficient (Wildman–Crippen LogP) is 1.85. The van der Waals surface area contributed by atoms with Gasteiger partial charge >= 0.3 is 16.2 Å². The zero-order valence-corrected chi connectivity index (χ0v) is 15.2. The maximum absolute atomic E-state index is 12.0. The zero-order chi connectivity index (χ0) is 19.8. The van der Waals surface area contributed by atoms with Crippen molar-refractivity contribution in [2.45, 2.75) is 13.3 Å². The van der Waals surface area contributed by atoms with E-state index in [9.17, 15) is 23.1 Å². The fourth-order valence-electron chi connectivity index (χ4n) is 2.77. The molecule has 142 valence electrons. The quantitative estimate of drug-likeness (QED) is 0.716. The summed E-state index contributed by atoms with van der Waals surface area (Å²) in [5.74, 6) is -2.27. The molecule has 1 heterocycles. The van der Waals surface area contributed by atoms with Gasteiger partial charge in [0.25, 0.3) is 5.91 Å². The number of carboxylic acids is 1. The summed E-state index contributed by atoms with van der Waals surface area (Å²) in [5, 5.41) is 20.5. The van der Waals surface area contributed by atoms with Gasteiger partial charge in [-0.1, -0.05) is 31.2 Å². The molecule has 1 unspecified atom stereocenters. The van der Waals surface area contributed by atoms with Gasteiger partial charge in [-0.2, -0.15) is 8.42 Å². The number of carbonyl (C=O) groups is 2. The lowest BCUT2D eigenvalue weighted by Crippen LogP contribution is -2.29. The molecule has 1 amide bonds. The minimum absolute atomic E-state index is 0.0153. The van der Waals surface area contributed by atoms with Gasteiger partial charge in [0.1, 0.15) is 12.3 Å². The third-order valence-electron chi connectivity index (χ3n) is 4.27. The molecule has 0 aliphatic carbocycles. The predicted molar refractivity (Wildman–Crippen MR) is 100 cm³/mol. The number of aromatic hydroxyl groups is 1. The van der Waals surface area contributed by atoms with Gasteiger partial charge in [0.15, 0.2) is 0 Å². The molecular formula is C18H18N2O6S. The average molecular weight is 390 g/mol. The number of allylic oxidation sites excluding steroid dienone is 1. The maximum Gasteiger partial charge on any atom is 0.326 e. The number of nitrogens with zero attached hydrogens (tertiary/aromatic N) is 1. The van der Waals surface area contributed by atoms with Crippen molar-refractivity contribution in [2.24, 2.45) is 5.92 Å². The number of benzene rings is 2. The third-order valence-corrected chi connectivity index (χ3v) is 5.66. The lowest BCUT2D eigenvalue weighted by atomic mass is 10.0. The molecular weight excluding hydrogens is 372 g/mol. The lowest BCUT2D eigenvalue weighted by molar-refractivity contribution is -0.141. The zero-order valence-electron chi connectivity index (χ0n) is 14.4. The molecule has 1 fully saturated rings. The smallest absolute Gasteiger partial charge is 0.326 e. The molecule has 3 N–H and O–H groups in total. The highest BCUT2D eigenvalue weighted by Gasteiger charge is 2.35. The van der Waals surface area contributed by atoms with Crippen molar-refractivity contribution in [3.63, 3.8) is 0 Å². The normalized spacial score (nSPS) is 17.4. The van der Waals surface area contributed by atoms with Gasteiger partial charge in [0, 0.05) is 0 Å². The van der Waals surface area contributed by atoms with Gasteiger partial charge in [0.2, 0.25) is 0 Å². The first-order valence-corrected chi connectivity index (χ1v) is 9.61. The van der Waals surface area contributed by atoms with Crippen molar-refractivity contribution in [3.8, 4) is 5.75 Å². The van der Waals surface area contributed by atoms with Crippen LogP contribution in [0.15, 0.2) is 36.4 Å². The number of carboxylic acid groups (broad SMARTS) is 1. The first-order valence-electron chi connectivity index (χ1n) is 8.17. The molecule has 0 radical (unpaired) electrons. The van der Waals surface area contributed by atoms with Crippen LogP contribution in [0.2, 0.25) is 0 Å². The molecule has 9 heteroatoms. The van der Waals surface area contributed by atoms with E-state index in [2.05, 4.69) is 0 Å². The van der Waals surface area contributed by atoms with Gasteiger partial charge < -0.3 is 10.2 Å². The number of carbonyl (C=O) groups excluding carboxylic acids is 1. The van der Waals surface area contributed by atoms with E-state index in [1.165, 1.54) is 12.1 Å². The summed E-state index contributed by atoms with van der Waals surface area (Å²) in [4.78, 5) is 22.3. The molecule has 1 atom stereocenters. The number of fused-ring (bicyclic) bond motifs is 1. The van der Waals surface area contributed by atoms with Gasteiger partial charge in [-0.3, -0.25) is 9.59 Å². The third kappa shape index (κ3) is 3.87. The highest BCUT2D eigenvalue weighted by atomic mass is 32.2. The molecule has 0 aromatic heterocycles. The molecule has 1 aliphatic rings. The Labute approximate surface area is 155 Å². The number of phenolic OH excluding ortho intramolecular Hbond substituents is 1. The summed E-state index contributed by atoms with van der Waals surface area (Å²) in [5.41, 5.74) is 0.816. The van der Waals surface area contributed by atoms with Crippen LogP contribution < -0.4 is 9.03 Å². The number of aliphatic carboxylic acids is 1. The summed E-state index contributed by atoms with van der Waals surface area (Å²) < 4.78 is 26.7. The number of amides is 1. The Morgan fingerprint density at radius 2 is 2.04 bits per heavy atom. The monoisotopic (exact) mass is 390 g/mol. The van der Waals surface area contributed by atoms with Crippen LogP contribution in [-0.4, -0.2) is 37.1 Å². The molecule has 0 saturated carbocycles. The van der Waals surface area contributed by atoms with Crippen LogP contribution in [0.25, 0.3) is 16.8 Å². The molecule has 1 saturated heterocycles. The second-order valence-electron chi connectivity index (χ2n) is 6.36. The molecule has 8 nitrogen and oxygen atoms in total. The van der Waals surface area contributed by atoms with Crippen LogP contribution in [0.5, 0.6) is 5.75 Å². The Hall–Kier alpha value is -3.07. The van der Waals surface area contributed by atoms with Gasteiger partial charge in [-0.15, -0.1) is 0 Å². The fourth-order valence-corrected chi connectivity index (χ4v) is 3.92. The van der Waals surface area contributed by atoms with Crippen LogP contribution >= 0.6 is 0 Å². The highest BCUT2D eigenvalue weighted by Crippen LogP contribution is 2.35. The van der Waals surface area contributed by atoms with Gasteiger partial charge in [-0.05, 0) is 41.0 Å². The number of phenols is 1. The van der Waals surface area contributed by atoms with Crippen molar-refractivity contribution in [1.82, 2.24) is 4.72 Å². The average Bonchev–Trinajstić information content (AvgIpc) is 2.86. The van der Waals surface area contributed by atoms with E-state index < -0.39 is 34.5 Å². The standard InChI is InChI=1S/C18H18N2O6S/c1-11(18(23)24)3-2-4-12-5-6-13-9-16(21)15(8-14(13)7-12)20-10-17(22)19-27(20,25)26/h2,4-9,11,21H,3,10H2,1H3,(H,19,22)(H,23,24)/b4-2+. The molecule has 27 heavy (non-hydrogen) atoms. The number of anilines is 1. The first kappa shape index (κ1) is 18.7. The minimum Gasteiger partial charge on any atom is -0.506 e. The topological polar surface area (TPSA) is 124 Å². The number of hydrogen-bond donors (Lipinski definition) is 3. The van der Waals surface area contributed by atoms with Crippen molar-refractivity contribution < 1.29 is 28.2 Å². The van der Waals surface area contributed by atoms with Gasteiger partial charge in [-0.25, -0.2) is 9.03 Å². The number of nitrogens with one attached hydrogen (secondary N) is 1. The number of rotatable bonds is 5. The first-order chi connectivity index (χ1) is 12.7. The molecule has 2 aromatic rings. The molecule has 0 spiro atoms. The van der Waals surface area contributed by atoms with E-state index in [0.717, 1.165) is 9.87 Å². The van der Waals surface area contributed by atoms with E-state index in [0.29, 0.717) is 17.2 Å². The molecule has 0 bridgehead atoms. The fraction of sp³-hybridized carbons (Fsp3) is 0.222. The van der Waals surface area contributed by atoms with Crippen LogP contribution in [-0.2, 0) is 19.8 Å². The van der Waals surface area contributed by atoms with Crippen LogP contribution in [0.4, 0.5) is 5.69 Å². The van der Waals surface area contributed by atoms with Crippen LogP contribution in [0.1, 0.15) is 18.9 Å². The van der Waals surface area contributed by atoms with E-state index in [1.54, 1.807) is 37.3 Å². The minimum atomic E-state index is -4.02. The molecule has 1 aliphatic heterocycles. The SMILES string of the molecule is CC(C/C=C/c1ccc2cc(O)c(N3CC(=O)NS3(=O)=O)cc2c1)C(=O)O. The Morgan fingerprint density at radius 3 is 2.67 bits per heavy atom. The summed E-state index contributed by atoms with van der Waals surface area (Å²) in [6.07, 6.45) is 3.92. The van der Waals surface area contributed by atoms with E-state index >= 15 is 0 Å². The lowest BCUT2D eigenvalue weighted by Gasteiger charge is -2.17. The van der Waals surface area contributed by atoms with E-state index in [-0.39, 0.29) is 11.4 Å². The van der Waals surface area contributed by atoms with Crippen molar-refractivity contribution >= 4 is 44.6 Å². The second-order valence-corrected chi connectivity index (χ2v) is 7.96. The Balaban J connectivity index is 1.94. The van der Waals surface area contributed by atoms with Crippen molar-refractivity contribution in [1.29, 1.82) is 0 Å². The van der Waals surface area contributed by atoms with Crippen LogP contribution in [0.3, 0.4) is 0 Å². The molecule has 3 rings (SSSR count). The van der Waals surface area contributed by atoms with Crippen molar-refractivity contribution in [2.75, 3.05) is 10.8 Å². The Morgan fingerprint density at radius 1 is 1.30 bits per heavy atom. The summed E-state index contributed by atoms with van der Waals surface area (Å²) in [6.45, 7) is 1.22. The Kier molecular flexibility index (Phi) is 4.79. The summed E-state index contributed by atoms with van der Waals surface area (Å²) in [7, 11) is -4.02. The van der Waals surface area contributed by atoms with Gasteiger partial charge in [0.05, 0.1) is 11.6 Å². The largest absolute Gasteiger partial charge is 0.506 e. The summed E-state index contributed by atoms with van der Waals surface area (Å²) in [6, 6.07) is 8.29.